The van der Waals surface area contributed by atoms with Crippen LogP contribution in [-0.4, -0.2) is 34.5 Å². The predicted molar refractivity (Wildman–Crippen MR) is 142 cm³/mol. The van der Waals surface area contributed by atoms with E-state index in [0.717, 1.165) is 33.7 Å². The maximum Gasteiger partial charge on any atom is 0.410 e. The standard InChI is InChI=1S/C29H27N3O3S/c1-21-19-30-28(36-21)32(25-15-8-14-24(18-25)23-12-6-3-7-13-23)27(33)26-16-9-17-31(26)29(34)35-20-22-10-4-2-5-11-22/h2-8,10-15,18-19,26H,9,16-17,20H2,1H3. The lowest BCUT2D eigenvalue weighted by Crippen LogP contribution is -2.46. The Labute approximate surface area is 214 Å². The van der Waals surface area contributed by atoms with Gasteiger partial charge in [0.1, 0.15) is 12.6 Å². The lowest BCUT2D eigenvalue weighted by atomic mass is 10.0. The molecule has 0 radical (unpaired) electrons. The number of hydrogen-bond donors (Lipinski definition) is 0. The molecule has 36 heavy (non-hydrogen) atoms. The number of aromatic nitrogens is 1. The number of thiazole rings is 1. The number of likely N-dealkylation sites (tertiary alicyclic amines) is 1. The van der Waals surface area contributed by atoms with Crippen LogP contribution in [0.15, 0.2) is 91.1 Å². The zero-order valence-electron chi connectivity index (χ0n) is 20.0. The predicted octanol–water partition coefficient (Wildman–Crippen LogP) is 6.58. The second-order valence-electron chi connectivity index (χ2n) is 8.74. The third kappa shape index (κ3) is 5.16. The SMILES string of the molecule is Cc1cnc(N(C(=O)C2CCCN2C(=O)OCc2ccccc2)c2cccc(-c3ccccc3)c2)s1. The van der Waals surface area contributed by atoms with Gasteiger partial charge >= 0.3 is 6.09 Å². The van der Waals surface area contributed by atoms with Crippen LogP contribution < -0.4 is 4.90 Å². The van der Waals surface area contributed by atoms with Crippen molar-refractivity contribution in [1.82, 2.24) is 9.88 Å². The summed E-state index contributed by atoms with van der Waals surface area (Å²) in [5.74, 6) is -0.177. The average Bonchev–Trinajstić information content (AvgIpc) is 3.58. The summed E-state index contributed by atoms with van der Waals surface area (Å²) in [7, 11) is 0. The second-order valence-corrected chi connectivity index (χ2v) is 9.95. The van der Waals surface area contributed by atoms with Gasteiger partial charge in [0.15, 0.2) is 5.13 Å². The Morgan fingerprint density at radius 2 is 1.72 bits per heavy atom. The molecule has 2 heterocycles. The van der Waals surface area contributed by atoms with Crippen LogP contribution in [0.3, 0.4) is 0 Å². The molecule has 1 fully saturated rings. The van der Waals surface area contributed by atoms with Gasteiger partial charge in [-0.1, -0.05) is 72.8 Å². The number of carbonyl (C=O) groups is 2. The highest BCUT2D eigenvalue weighted by molar-refractivity contribution is 7.15. The third-order valence-electron chi connectivity index (χ3n) is 6.21. The van der Waals surface area contributed by atoms with Gasteiger partial charge < -0.3 is 4.74 Å². The van der Waals surface area contributed by atoms with Crippen LogP contribution in [0.2, 0.25) is 0 Å². The highest BCUT2D eigenvalue weighted by atomic mass is 32.1. The highest BCUT2D eigenvalue weighted by Crippen LogP contribution is 2.35. The first-order valence-corrected chi connectivity index (χ1v) is 12.8. The topological polar surface area (TPSA) is 62.7 Å². The summed E-state index contributed by atoms with van der Waals surface area (Å²) in [6, 6.07) is 26.9. The van der Waals surface area contributed by atoms with Crippen LogP contribution >= 0.6 is 11.3 Å². The van der Waals surface area contributed by atoms with Gasteiger partial charge in [-0.2, -0.15) is 0 Å². The number of anilines is 2. The summed E-state index contributed by atoms with van der Waals surface area (Å²) < 4.78 is 5.57. The van der Waals surface area contributed by atoms with E-state index in [1.807, 2.05) is 91.9 Å². The maximum absolute atomic E-state index is 14.0. The van der Waals surface area contributed by atoms with Crippen molar-refractivity contribution in [3.8, 4) is 11.1 Å². The van der Waals surface area contributed by atoms with Gasteiger partial charge in [0, 0.05) is 17.6 Å². The summed E-state index contributed by atoms with van der Waals surface area (Å²) in [4.78, 5) is 35.8. The monoisotopic (exact) mass is 497 g/mol. The zero-order chi connectivity index (χ0) is 24.9. The van der Waals surface area contributed by atoms with Crippen molar-refractivity contribution in [2.75, 3.05) is 11.4 Å². The van der Waals surface area contributed by atoms with E-state index in [1.54, 1.807) is 16.0 Å². The van der Waals surface area contributed by atoms with Crippen molar-refractivity contribution in [2.24, 2.45) is 0 Å². The number of amides is 2. The molecule has 6 nitrogen and oxygen atoms in total. The van der Waals surface area contributed by atoms with Gasteiger partial charge in [0.05, 0.1) is 5.69 Å². The van der Waals surface area contributed by atoms with Gasteiger partial charge in [0.2, 0.25) is 0 Å². The fraction of sp³-hybridized carbons (Fsp3) is 0.207. The van der Waals surface area contributed by atoms with Crippen LogP contribution in [0, 0.1) is 6.92 Å². The quantitative estimate of drug-likeness (QED) is 0.302. The average molecular weight is 498 g/mol. The van der Waals surface area contributed by atoms with Gasteiger partial charge in [-0.05, 0) is 48.6 Å². The number of hydrogen-bond acceptors (Lipinski definition) is 5. The van der Waals surface area contributed by atoms with E-state index in [2.05, 4.69) is 4.98 Å². The lowest BCUT2D eigenvalue weighted by molar-refractivity contribution is -0.121. The van der Waals surface area contributed by atoms with Crippen molar-refractivity contribution in [3.63, 3.8) is 0 Å². The van der Waals surface area contributed by atoms with Gasteiger partial charge in [-0.15, -0.1) is 11.3 Å². The molecule has 0 N–H and O–H groups in total. The summed E-state index contributed by atoms with van der Waals surface area (Å²) in [5.41, 5.74) is 3.70. The Morgan fingerprint density at radius 1 is 1.00 bits per heavy atom. The molecule has 4 aromatic rings. The van der Waals surface area contributed by atoms with Crippen LogP contribution in [0.1, 0.15) is 23.3 Å². The Bertz CT molecular complexity index is 1340. The minimum Gasteiger partial charge on any atom is -0.445 e. The Hall–Kier alpha value is -3.97. The minimum atomic E-state index is -0.613. The first-order valence-electron chi connectivity index (χ1n) is 12.0. The Morgan fingerprint density at radius 3 is 2.44 bits per heavy atom. The summed E-state index contributed by atoms with van der Waals surface area (Å²) in [5, 5.41) is 0.590. The molecule has 5 rings (SSSR count). The molecule has 3 aromatic carbocycles. The molecule has 0 spiro atoms. The first-order chi connectivity index (χ1) is 17.6. The molecular weight excluding hydrogens is 470 g/mol. The third-order valence-corrected chi connectivity index (χ3v) is 7.11. The lowest BCUT2D eigenvalue weighted by Gasteiger charge is -2.29. The second kappa shape index (κ2) is 10.7. The van der Waals surface area contributed by atoms with Gasteiger partial charge in [0.25, 0.3) is 5.91 Å². The van der Waals surface area contributed by atoms with Gasteiger partial charge in [-0.25, -0.2) is 9.78 Å². The van der Waals surface area contributed by atoms with E-state index in [4.69, 9.17) is 4.74 Å². The smallest absolute Gasteiger partial charge is 0.410 e. The molecule has 0 aliphatic carbocycles. The minimum absolute atomic E-state index is 0.172. The van der Waals surface area contributed by atoms with E-state index < -0.39 is 12.1 Å². The molecule has 2 amide bonds. The molecule has 1 aromatic heterocycles. The summed E-state index contributed by atoms with van der Waals surface area (Å²) in [6.07, 6.45) is 2.62. The van der Waals surface area contributed by atoms with Crippen molar-refractivity contribution >= 4 is 34.2 Å². The molecule has 1 aliphatic heterocycles. The molecule has 1 unspecified atom stereocenters. The van der Waals surface area contributed by atoms with E-state index >= 15 is 0 Å². The molecule has 0 bridgehead atoms. The van der Waals surface area contributed by atoms with Crippen molar-refractivity contribution in [1.29, 1.82) is 0 Å². The van der Waals surface area contributed by atoms with Crippen LogP contribution in [-0.2, 0) is 16.1 Å². The van der Waals surface area contributed by atoms with Crippen LogP contribution in [0.4, 0.5) is 15.6 Å². The molecule has 0 saturated carbocycles. The zero-order valence-corrected chi connectivity index (χ0v) is 20.9. The number of aryl methyl sites for hydroxylation is 1. The van der Waals surface area contributed by atoms with Crippen molar-refractivity contribution < 1.29 is 14.3 Å². The number of nitrogens with zero attached hydrogens (tertiary/aromatic N) is 3. The van der Waals surface area contributed by atoms with Crippen LogP contribution in [0.25, 0.3) is 11.1 Å². The number of carbonyl (C=O) groups excluding carboxylic acids is 2. The fourth-order valence-corrected chi connectivity index (χ4v) is 5.21. The summed E-state index contributed by atoms with van der Waals surface area (Å²) in [6.45, 7) is 2.62. The number of benzene rings is 3. The van der Waals surface area contributed by atoms with Gasteiger partial charge in [-0.3, -0.25) is 14.6 Å². The first kappa shape index (κ1) is 23.8. The molecular formula is C29H27N3O3S. The molecule has 1 saturated heterocycles. The Balaban J connectivity index is 1.42. The molecule has 1 aliphatic rings. The van der Waals surface area contributed by atoms with E-state index in [1.165, 1.54) is 11.3 Å². The fourth-order valence-electron chi connectivity index (χ4n) is 4.43. The van der Waals surface area contributed by atoms with Crippen LogP contribution in [0.5, 0.6) is 0 Å². The van der Waals surface area contributed by atoms with Crippen molar-refractivity contribution in [3.05, 3.63) is 102 Å². The largest absolute Gasteiger partial charge is 0.445 e. The molecule has 1 atom stereocenters. The number of rotatable bonds is 6. The van der Waals surface area contributed by atoms with Crippen molar-refractivity contribution in [2.45, 2.75) is 32.4 Å². The molecule has 7 heteroatoms. The summed E-state index contributed by atoms with van der Waals surface area (Å²) >= 11 is 1.46. The number of ether oxygens (including phenoxy) is 1. The van der Waals surface area contributed by atoms with E-state index in [9.17, 15) is 9.59 Å². The van der Waals surface area contributed by atoms with E-state index in [-0.39, 0.29) is 12.5 Å². The van der Waals surface area contributed by atoms with E-state index in [0.29, 0.717) is 18.1 Å². The highest BCUT2D eigenvalue weighted by Gasteiger charge is 2.39. The normalized spacial score (nSPS) is 15.0. The maximum atomic E-state index is 14.0. The molecule has 182 valence electrons. The Kier molecular flexibility index (Phi) is 7.09.